The van der Waals surface area contributed by atoms with Gasteiger partial charge in [0.05, 0.1) is 40.2 Å². The van der Waals surface area contributed by atoms with Gasteiger partial charge in [0, 0.05) is 92.8 Å². The Labute approximate surface area is 371 Å². The number of halogens is 1. The number of piperazine rings is 1. The number of carbonyl (C=O) groups excluding carboxylic acids is 4. The number of nitriles is 1. The summed E-state index contributed by atoms with van der Waals surface area (Å²) in [5, 5.41) is 38.0. The molecule has 4 fully saturated rings. The van der Waals surface area contributed by atoms with Crippen molar-refractivity contribution in [3.05, 3.63) is 88.4 Å². The third kappa shape index (κ3) is 8.41. The third-order valence-electron chi connectivity index (χ3n) is 14.7. The second kappa shape index (κ2) is 17.2. The first-order valence-corrected chi connectivity index (χ1v) is 22.6. The fourth-order valence-electron chi connectivity index (χ4n) is 10.4. The van der Waals surface area contributed by atoms with Crippen LogP contribution in [-0.4, -0.2) is 121 Å². The highest BCUT2D eigenvalue weighted by Gasteiger charge is 2.47. The Hall–Kier alpha value is -5.96. The Morgan fingerprint density at radius 2 is 1.61 bits per heavy atom. The summed E-state index contributed by atoms with van der Waals surface area (Å²) < 4.78 is 18.8. The van der Waals surface area contributed by atoms with Crippen molar-refractivity contribution in [2.45, 2.75) is 108 Å². The van der Waals surface area contributed by atoms with E-state index in [1.54, 1.807) is 38.1 Å². The Balaban J connectivity index is 0.756. The van der Waals surface area contributed by atoms with E-state index in [4.69, 9.17) is 5.10 Å². The molecule has 3 saturated heterocycles. The molecule has 6 heterocycles. The van der Waals surface area contributed by atoms with Gasteiger partial charge in [0.2, 0.25) is 11.8 Å². The molecule has 0 radical (unpaired) electrons. The molecule has 2 aliphatic carbocycles. The van der Waals surface area contributed by atoms with Crippen LogP contribution in [0.3, 0.4) is 0 Å². The molecule has 4 N–H and O–H groups in total. The second-order valence-electron chi connectivity index (χ2n) is 18.9. The molecule has 4 aromatic rings. The zero-order chi connectivity index (χ0) is 44.9. The maximum Gasteiger partial charge on any atom is 0.274 e. The molecule has 1 aromatic carbocycles. The van der Waals surface area contributed by atoms with Gasteiger partial charge >= 0.3 is 0 Å². The smallest absolute Gasteiger partial charge is 0.274 e. The monoisotopic (exact) mass is 873 g/mol. The van der Waals surface area contributed by atoms with Crippen LogP contribution in [0.1, 0.15) is 116 Å². The van der Waals surface area contributed by atoms with Crippen LogP contribution >= 0.6 is 0 Å². The first-order chi connectivity index (χ1) is 30.7. The second-order valence-corrected chi connectivity index (χ2v) is 18.9. The molecule has 3 aliphatic heterocycles. The van der Waals surface area contributed by atoms with Crippen LogP contribution in [0.5, 0.6) is 0 Å². The molecule has 17 heteroatoms. The SMILES string of the molecule is CC(C)(O)C1(C)Cc2nn(C3CCC(N4CCN(C5CCN(c6ccc(C(=O)N[C@H]7CCC(=O)NC7=O)c(F)c6)CC5)CC4)CC3)cc2C=C1NC(=O)c1ccc2cc(C#N)cnn12. The quantitative estimate of drug-likeness (QED) is 0.178. The average molecular weight is 874 g/mol. The molecule has 4 amide bonds. The van der Waals surface area contributed by atoms with Crippen molar-refractivity contribution in [3.63, 3.8) is 0 Å². The molecule has 1 unspecified atom stereocenters. The van der Waals surface area contributed by atoms with E-state index >= 15 is 4.39 Å². The molecular formula is C47H56FN11O5. The largest absolute Gasteiger partial charge is 0.389 e. The Bertz CT molecular complexity index is 2550. The van der Waals surface area contributed by atoms with E-state index < -0.39 is 34.7 Å². The van der Waals surface area contributed by atoms with Crippen LogP contribution in [0.25, 0.3) is 11.6 Å². The summed E-state index contributed by atoms with van der Waals surface area (Å²) >= 11 is 0. The minimum absolute atomic E-state index is 0.124. The van der Waals surface area contributed by atoms with Gasteiger partial charge in [-0.05, 0) is 101 Å². The fourth-order valence-corrected chi connectivity index (χ4v) is 10.4. The van der Waals surface area contributed by atoms with E-state index in [0.29, 0.717) is 41.0 Å². The summed E-state index contributed by atoms with van der Waals surface area (Å²) in [7, 11) is 0. The Morgan fingerprint density at radius 1 is 0.922 bits per heavy atom. The summed E-state index contributed by atoms with van der Waals surface area (Å²) in [6.07, 6.45) is 12.4. The number of hydrogen-bond donors (Lipinski definition) is 4. The Kier molecular flexibility index (Phi) is 11.6. The van der Waals surface area contributed by atoms with Gasteiger partial charge in [-0.25, -0.2) is 8.91 Å². The van der Waals surface area contributed by atoms with Gasteiger partial charge in [0.1, 0.15) is 23.6 Å². The maximum atomic E-state index is 15.2. The van der Waals surface area contributed by atoms with Crippen molar-refractivity contribution in [2.24, 2.45) is 5.41 Å². The number of rotatable bonds is 9. The number of nitrogens with one attached hydrogen (secondary N) is 3. The molecule has 64 heavy (non-hydrogen) atoms. The lowest BCUT2D eigenvalue weighted by Crippen LogP contribution is -2.55. The van der Waals surface area contributed by atoms with Crippen LogP contribution in [0.2, 0.25) is 0 Å². The Morgan fingerprint density at radius 3 is 2.27 bits per heavy atom. The molecular weight excluding hydrogens is 818 g/mol. The van der Waals surface area contributed by atoms with E-state index in [2.05, 4.69) is 52.7 Å². The maximum absolute atomic E-state index is 15.2. The predicted molar refractivity (Wildman–Crippen MR) is 235 cm³/mol. The van der Waals surface area contributed by atoms with E-state index in [9.17, 15) is 29.5 Å². The van der Waals surface area contributed by atoms with Crippen LogP contribution in [-0.2, 0) is 16.0 Å². The number of anilines is 1. The number of aromatic nitrogens is 4. The zero-order valence-corrected chi connectivity index (χ0v) is 36.6. The molecule has 5 aliphatic rings. The van der Waals surface area contributed by atoms with Crippen LogP contribution < -0.4 is 20.9 Å². The number of hydrogen-bond acceptors (Lipinski definition) is 11. The van der Waals surface area contributed by atoms with Crippen molar-refractivity contribution in [1.82, 2.24) is 45.1 Å². The van der Waals surface area contributed by atoms with Crippen LogP contribution in [0.15, 0.2) is 54.5 Å². The van der Waals surface area contributed by atoms with Gasteiger partial charge in [-0.2, -0.15) is 15.5 Å². The lowest BCUT2D eigenvalue weighted by molar-refractivity contribution is -0.134. The number of carbonyl (C=O) groups is 4. The minimum atomic E-state index is -1.17. The van der Waals surface area contributed by atoms with Crippen molar-refractivity contribution >= 4 is 40.9 Å². The van der Waals surface area contributed by atoms with Gasteiger partial charge in [0.25, 0.3) is 11.8 Å². The number of aliphatic hydroxyl groups is 1. The summed E-state index contributed by atoms with van der Waals surface area (Å²) in [5.74, 6) is -2.61. The fraction of sp³-hybridized carbons (Fsp3) is 0.511. The van der Waals surface area contributed by atoms with E-state index in [1.807, 2.05) is 13.0 Å². The van der Waals surface area contributed by atoms with Crippen molar-refractivity contribution in [1.29, 1.82) is 5.26 Å². The molecule has 9 rings (SSSR count). The summed E-state index contributed by atoms with van der Waals surface area (Å²) in [4.78, 5) is 57.4. The summed E-state index contributed by atoms with van der Waals surface area (Å²) in [5.41, 5.74) is 2.47. The molecule has 16 nitrogen and oxygen atoms in total. The van der Waals surface area contributed by atoms with Crippen molar-refractivity contribution < 1.29 is 28.7 Å². The highest BCUT2D eigenvalue weighted by atomic mass is 19.1. The zero-order valence-electron chi connectivity index (χ0n) is 36.6. The topological polar surface area (TPSA) is 193 Å². The lowest BCUT2D eigenvalue weighted by Gasteiger charge is -2.46. The standard InChI is InChI=1S/C47H56FN11O5/c1-46(2,64)47(3)25-39-30(23-41(47)52-45(63)40-12-9-35-22-29(26-49)27-50-59(35)40)28-58(54-39)33-6-4-31(5-7-33)56-18-20-57(21-19-56)32-14-16-55(17-15-32)34-8-10-36(37(48)24-34)43(61)51-38-11-13-42(60)53-44(38)62/h8-10,12,22-24,27-28,31-33,38,64H,4-7,11,13-21,25H2,1-3H3,(H,51,61)(H,52,63)(H,53,60,62)/t31?,33?,38-,47?/m0/s1. The minimum Gasteiger partial charge on any atom is -0.389 e. The summed E-state index contributed by atoms with van der Waals surface area (Å²) in [6.45, 7) is 11.2. The van der Waals surface area contributed by atoms with Crippen molar-refractivity contribution in [2.75, 3.05) is 44.2 Å². The van der Waals surface area contributed by atoms with E-state index in [0.717, 1.165) is 94.7 Å². The van der Waals surface area contributed by atoms with Crippen LogP contribution in [0.4, 0.5) is 10.1 Å². The number of amides is 4. The van der Waals surface area contributed by atoms with Crippen LogP contribution in [0, 0.1) is 22.6 Å². The normalized spacial score (nSPS) is 25.0. The molecule has 0 spiro atoms. The van der Waals surface area contributed by atoms with E-state index in [-0.39, 0.29) is 36.3 Å². The number of piperidine rings is 2. The molecule has 0 bridgehead atoms. The highest BCUT2D eigenvalue weighted by Crippen LogP contribution is 2.45. The average Bonchev–Trinajstić information content (AvgIpc) is 3.91. The van der Waals surface area contributed by atoms with Gasteiger partial charge in [-0.1, -0.05) is 6.92 Å². The first kappa shape index (κ1) is 43.3. The van der Waals surface area contributed by atoms with Gasteiger partial charge < -0.3 is 20.6 Å². The lowest BCUT2D eigenvalue weighted by atomic mass is 9.67. The van der Waals surface area contributed by atoms with Gasteiger partial charge in [-0.15, -0.1) is 0 Å². The number of benzene rings is 1. The molecule has 336 valence electrons. The van der Waals surface area contributed by atoms with Gasteiger partial charge in [-0.3, -0.25) is 39.0 Å². The number of fused-ring (bicyclic) bond motifs is 2. The third-order valence-corrected chi connectivity index (χ3v) is 14.7. The molecule has 1 saturated carbocycles. The van der Waals surface area contributed by atoms with Crippen molar-refractivity contribution in [3.8, 4) is 6.07 Å². The highest BCUT2D eigenvalue weighted by molar-refractivity contribution is 6.04. The molecule has 2 atom stereocenters. The first-order valence-electron chi connectivity index (χ1n) is 22.6. The summed E-state index contributed by atoms with van der Waals surface area (Å²) in [6, 6.07) is 12.2. The number of nitrogens with zero attached hydrogens (tertiary/aromatic N) is 8. The molecule has 3 aromatic heterocycles. The number of imide groups is 1. The van der Waals surface area contributed by atoms with E-state index in [1.165, 1.54) is 22.8 Å². The van der Waals surface area contributed by atoms with Gasteiger partial charge in [0.15, 0.2) is 0 Å². The predicted octanol–water partition coefficient (Wildman–Crippen LogP) is 3.95.